The summed E-state index contributed by atoms with van der Waals surface area (Å²) in [6.45, 7) is 2.47. The van der Waals surface area contributed by atoms with Crippen LogP contribution in [0.4, 0.5) is 21.0 Å². The van der Waals surface area contributed by atoms with Crippen LogP contribution in [0.1, 0.15) is 19.8 Å². The van der Waals surface area contributed by atoms with Gasteiger partial charge in [0, 0.05) is 24.0 Å². The minimum Gasteiger partial charge on any atom is -0.338 e. The number of carbonyl (C=O) groups excluding carboxylic acids is 2. The van der Waals surface area contributed by atoms with Gasteiger partial charge in [-0.15, -0.1) is 0 Å². The fourth-order valence-electron chi connectivity index (χ4n) is 2.31. The molecule has 1 atom stereocenters. The molecule has 2 aromatic rings. The Kier molecular flexibility index (Phi) is 7.31. The predicted molar refractivity (Wildman–Crippen MR) is 101 cm³/mol. The average Bonchev–Trinajstić information content (AvgIpc) is 2.62. The zero-order chi connectivity index (χ0) is 17.9. The van der Waals surface area contributed by atoms with E-state index in [4.69, 9.17) is 0 Å². The van der Waals surface area contributed by atoms with Crippen molar-refractivity contribution in [3.8, 4) is 0 Å². The van der Waals surface area contributed by atoms with E-state index in [1.54, 1.807) is 0 Å². The van der Waals surface area contributed by atoms with E-state index >= 15 is 0 Å². The van der Waals surface area contributed by atoms with E-state index < -0.39 is 0 Å². The van der Waals surface area contributed by atoms with Crippen LogP contribution in [0.2, 0.25) is 0 Å². The third-order valence-corrected chi connectivity index (χ3v) is 3.67. The molecule has 0 aromatic heterocycles. The smallest absolute Gasteiger partial charge is 0.319 e. The van der Waals surface area contributed by atoms with Crippen molar-refractivity contribution >= 4 is 23.4 Å². The van der Waals surface area contributed by atoms with E-state index in [1.165, 1.54) is 0 Å². The number of carbonyl (C=O) groups is 2. The largest absolute Gasteiger partial charge is 0.338 e. The van der Waals surface area contributed by atoms with Crippen molar-refractivity contribution < 1.29 is 9.59 Å². The van der Waals surface area contributed by atoms with E-state index in [0.717, 1.165) is 17.8 Å². The van der Waals surface area contributed by atoms with Gasteiger partial charge in [-0.3, -0.25) is 0 Å². The highest BCUT2D eigenvalue weighted by Crippen LogP contribution is 2.06. The molecule has 0 spiro atoms. The Hall–Kier alpha value is -3.02. The molecule has 4 amide bonds. The Morgan fingerprint density at radius 2 is 1.36 bits per heavy atom. The molecule has 0 fully saturated rings. The minimum atomic E-state index is -0.255. The molecule has 6 heteroatoms. The Labute approximate surface area is 148 Å². The van der Waals surface area contributed by atoms with Gasteiger partial charge in [0.2, 0.25) is 0 Å². The summed E-state index contributed by atoms with van der Waals surface area (Å²) in [6, 6.07) is 18.0. The summed E-state index contributed by atoms with van der Waals surface area (Å²) in [7, 11) is 0. The second kappa shape index (κ2) is 9.97. The number of benzene rings is 2. The number of hydrogen-bond acceptors (Lipinski definition) is 2. The molecule has 0 radical (unpaired) electrons. The van der Waals surface area contributed by atoms with Crippen LogP contribution < -0.4 is 21.3 Å². The van der Waals surface area contributed by atoms with Gasteiger partial charge in [-0.05, 0) is 37.1 Å². The summed E-state index contributed by atoms with van der Waals surface area (Å²) in [5.74, 6) is 0. The first-order chi connectivity index (χ1) is 12.2. The standard InChI is InChI=1S/C19H24N4O2/c1-2-15(21-19(25)23-17-11-7-4-8-12-17)13-14-20-18(24)22-16-9-5-3-6-10-16/h3-12,15H,2,13-14H2,1H3,(H2,20,22,24)(H2,21,23,25)/t15-/m0/s1. The summed E-state index contributed by atoms with van der Waals surface area (Å²) >= 11 is 0. The molecule has 132 valence electrons. The van der Waals surface area contributed by atoms with Crippen molar-refractivity contribution in [1.82, 2.24) is 10.6 Å². The molecule has 25 heavy (non-hydrogen) atoms. The van der Waals surface area contributed by atoms with Crippen LogP contribution in [0, 0.1) is 0 Å². The summed E-state index contributed by atoms with van der Waals surface area (Å²) in [6.07, 6.45) is 1.44. The second-order valence-corrected chi connectivity index (χ2v) is 5.61. The lowest BCUT2D eigenvalue weighted by molar-refractivity contribution is 0.246. The molecule has 2 aromatic carbocycles. The monoisotopic (exact) mass is 340 g/mol. The average molecular weight is 340 g/mol. The highest BCUT2D eigenvalue weighted by Gasteiger charge is 2.11. The maximum Gasteiger partial charge on any atom is 0.319 e. The normalized spacial score (nSPS) is 11.2. The third kappa shape index (κ3) is 6.95. The summed E-state index contributed by atoms with van der Waals surface area (Å²) < 4.78 is 0. The van der Waals surface area contributed by atoms with E-state index in [9.17, 15) is 9.59 Å². The molecule has 2 rings (SSSR count). The molecule has 0 saturated heterocycles. The van der Waals surface area contributed by atoms with Crippen LogP contribution in [-0.4, -0.2) is 24.6 Å². The van der Waals surface area contributed by atoms with Crippen molar-refractivity contribution in [2.24, 2.45) is 0 Å². The van der Waals surface area contributed by atoms with E-state index in [0.29, 0.717) is 13.0 Å². The first-order valence-corrected chi connectivity index (χ1v) is 8.40. The number of urea groups is 2. The number of amides is 4. The highest BCUT2D eigenvalue weighted by molar-refractivity contribution is 5.90. The zero-order valence-corrected chi connectivity index (χ0v) is 14.3. The van der Waals surface area contributed by atoms with Gasteiger partial charge in [0.25, 0.3) is 0 Å². The first-order valence-electron chi connectivity index (χ1n) is 8.40. The van der Waals surface area contributed by atoms with Crippen LogP contribution in [0.5, 0.6) is 0 Å². The number of hydrogen-bond donors (Lipinski definition) is 4. The van der Waals surface area contributed by atoms with Crippen LogP contribution in [0.15, 0.2) is 60.7 Å². The molecular formula is C19H24N4O2. The Morgan fingerprint density at radius 1 is 0.840 bits per heavy atom. The second-order valence-electron chi connectivity index (χ2n) is 5.61. The van der Waals surface area contributed by atoms with E-state index in [2.05, 4.69) is 21.3 Å². The summed E-state index contributed by atoms with van der Waals surface area (Å²) in [5, 5.41) is 11.3. The molecule has 0 heterocycles. The fraction of sp³-hybridized carbons (Fsp3) is 0.263. The molecule has 0 aliphatic heterocycles. The lowest BCUT2D eigenvalue weighted by Crippen LogP contribution is -2.40. The molecule has 4 N–H and O–H groups in total. The highest BCUT2D eigenvalue weighted by atomic mass is 16.2. The molecule has 0 unspecified atom stereocenters. The number of nitrogens with one attached hydrogen (secondary N) is 4. The third-order valence-electron chi connectivity index (χ3n) is 3.67. The van der Waals surface area contributed by atoms with Crippen molar-refractivity contribution in [2.45, 2.75) is 25.8 Å². The molecular weight excluding hydrogens is 316 g/mol. The van der Waals surface area contributed by atoms with Crippen molar-refractivity contribution in [3.63, 3.8) is 0 Å². The van der Waals surface area contributed by atoms with Gasteiger partial charge in [0.1, 0.15) is 0 Å². The lowest BCUT2D eigenvalue weighted by Gasteiger charge is -2.18. The topological polar surface area (TPSA) is 82.3 Å². The number of para-hydroxylation sites is 2. The van der Waals surface area contributed by atoms with Gasteiger partial charge in [-0.25, -0.2) is 9.59 Å². The number of rotatable bonds is 7. The van der Waals surface area contributed by atoms with E-state index in [1.807, 2.05) is 67.6 Å². The maximum atomic E-state index is 12.0. The van der Waals surface area contributed by atoms with Gasteiger partial charge in [-0.2, -0.15) is 0 Å². The molecule has 6 nitrogen and oxygen atoms in total. The Morgan fingerprint density at radius 3 is 1.88 bits per heavy atom. The quantitative estimate of drug-likeness (QED) is 0.618. The van der Waals surface area contributed by atoms with Crippen LogP contribution in [0.25, 0.3) is 0 Å². The molecule has 0 saturated carbocycles. The first kappa shape index (κ1) is 18.3. The van der Waals surface area contributed by atoms with E-state index in [-0.39, 0.29) is 18.1 Å². The summed E-state index contributed by atoms with van der Waals surface area (Å²) in [5.41, 5.74) is 1.49. The lowest BCUT2D eigenvalue weighted by atomic mass is 10.1. The zero-order valence-electron chi connectivity index (χ0n) is 14.3. The van der Waals surface area contributed by atoms with Gasteiger partial charge < -0.3 is 21.3 Å². The molecule has 0 bridgehead atoms. The molecule has 0 aliphatic carbocycles. The van der Waals surface area contributed by atoms with Gasteiger partial charge >= 0.3 is 12.1 Å². The van der Waals surface area contributed by atoms with Gasteiger partial charge in [0.05, 0.1) is 0 Å². The number of anilines is 2. The van der Waals surface area contributed by atoms with Crippen molar-refractivity contribution in [2.75, 3.05) is 17.2 Å². The Bertz CT molecular complexity index is 662. The van der Waals surface area contributed by atoms with Crippen LogP contribution in [-0.2, 0) is 0 Å². The Balaban J connectivity index is 1.69. The van der Waals surface area contributed by atoms with Gasteiger partial charge in [0.15, 0.2) is 0 Å². The SMILES string of the molecule is CC[C@@H](CCNC(=O)Nc1ccccc1)NC(=O)Nc1ccccc1. The maximum absolute atomic E-state index is 12.0. The predicted octanol–water partition coefficient (Wildman–Crippen LogP) is 3.80. The minimum absolute atomic E-state index is 0.0132. The molecule has 0 aliphatic rings. The van der Waals surface area contributed by atoms with Crippen molar-refractivity contribution in [1.29, 1.82) is 0 Å². The van der Waals surface area contributed by atoms with Gasteiger partial charge in [-0.1, -0.05) is 43.3 Å². The fourth-order valence-corrected chi connectivity index (χ4v) is 2.31. The van der Waals surface area contributed by atoms with Crippen LogP contribution in [0.3, 0.4) is 0 Å². The van der Waals surface area contributed by atoms with Crippen molar-refractivity contribution in [3.05, 3.63) is 60.7 Å². The van der Waals surface area contributed by atoms with Crippen LogP contribution >= 0.6 is 0 Å². The summed E-state index contributed by atoms with van der Waals surface area (Å²) in [4.78, 5) is 23.8.